The molecule has 29 heavy (non-hydrogen) atoms. The summed E-state index contributed by atoms with van der Waals surface area (Å²) in [5, 5.41) is 17.3. The van der Waals surface area contributed by atoms with Crippen molar-refractivity contribution in [3.63, 3.8) is 0 Å². The Labute approximate surface area is 166 Å². The van der Waals surface area contributed by atoms with Crippen LogP contribution >= 0.6 is 0 Å². The SMILES string of the molecule is CCCCNc1ncnc(Nc2cc(C(=O)OC)cc(C(=O)OC)c2)c1[N+](=O)[O-]. The monoisotopic (exact) mass is 403 g/mol. The predicted molar refractivity (Wildman–Crippen MR) is 104 cm³/mol. The van der Waals surface area contributed by atoms with Gasteiger partial charge in [-0.3, -0.25) is 10.1 Å². The molecule has 0 bridgehead atoms. The van der Waals surface area contributed by atoms with E-state index in [2.05, 4.69) is 30.1 Å². The van der Waals surface area contributed by atoms with Crippen LogP contribution in [0, 0.1) is 10.1 Å². The summed E-state index contributed by atoms with van der Waals surface area (Å²) in [6, 6.07) is 4.07. The maximum absolute atomic E-state index is 11.9. The fraction of sp³-hybridized carbons (Fsp3) is 0.333. The highest BCUT2D eigenvalue weighted by Gasteiger charge is 2.24. The standard InChI is InChI=1S/C18H21N5O6/c1-4-5-6-19-15-14(23(26)27)16(21-10-20-15)22-13-8-11(17(24)28-2)7-12(9-13)18(25)29-3/h7-10H,4-6H2,1-3H3,(H2,19,20,21,22). The van der Waals surface area contributed by atoms with E-state index < -0.39 is 16.9 Å². The van der Waals surface area contributed by atoms with Crippen LogP contribution in [0.1, 0.15) is 40.5 Å². The summed E-state index contributed by atoms with van der Waals surface area (Å²) in [6.45, 7) is 2.51. The van der Waals surface area contributed by atoms with Crippen LogP contribution in [0.4, 0.5) is 23.0 Å². The number of esters is 2. The molecule has 0 unspecified atom stereocenters. The number of methoxy groups -OCH3 is 2. The lowest BCUT2D eigenvalue weighted by Gasteiger charge is -2.12. The highest BCUT2D eigenvalue weighted by atomic mass is 16.6. The zero-order chi connectivity index (χ0) is 21.4. The minimum atomic E-state index is -0.682. The van der Waals surface area contributed by atoms with Gasteiger partial charge in [0.1, 0.15) is 6.33 Å². The first-order chi connectivity index (χ1) is 13.9. The molecule has 154 valence electrons. The van der Waals surface area contributed by atoms with E-state index in [1.54, 1.807) is 0 Å². The molecule has 0 aliphatic heterocycles. The maximum Gasteiger partial charge on any atom is 0.353 e. The second kappa shape index (κ2) is 9.97. The third-order valence-corrected chi connectivity index (χ3v) is 3.87. The number of nitro groups is 1. The van der Waals surface area contributed by atoms with Crippen LogP contribution in [0.5, 0.6) is 0 Å². The van der Waals surface area contributed by atoms with Crippen molar-refractivity contribution in [2.24, 2.45) is 0 Å². The van der Waals surface area contributed by atoms with E-state index in [0.717, 1.165) is 12.8 Å². The molecule has 0 aliphatic carbocycles. The van der Waals surface area contributed by atoms with Gasteiger partial charge in [0.05, 0.1) is 30.3 Å². The molecule has 0 fully saturated rings. The lowest BCUT2D eigenvalue weighted by Crippen LogP contribution is -2.10. The van der Waals surface area contributed by atoms with E-state index >= 15 is 0 Å². The van der Waals surface area contributed by atoms with Gasteiger partial charge in [0, 0.05) is 12.2 Å². The van der Waals surface area contributed by atoms with Gasteiger partial charge in [-0.15, -0.1) is 0 Å². The fourth-order valence-electron chi connectivity index (χ4n) is 2.46. The highest BCUT2D eigenvalue weighted by Crippen LogP contribution is 2.31. The van der Waals surface area contributed by atoms with Crippen LogP contribution in [-0.4, -0.2) is 47.6 Å². The molecule has 0 aliphatic rings. The number of nitrogens with one attached hydrogen (secondary N) is 2. The minimum Gasteiger partial charge on any atom is -0.465 e. The number of carbonyl (C=O) groups excluding carboxylic acids is 2. The van der Waals surface area contributed by atoms with Crippen molar-refractivity contribution in [2.75, 3.05) is 31.4 Å². The lowest BCUT2D eigenvalue weighted by molar-refractivity contribution is -0.383. The number of rotatable bonds is 9. The van der Waals surface area contributed by atoms with Crippen LogP contribution < -0.4 is 10.6 Å². The Morgan fingerprint density at radius 2 is 1.66 bits per heavy atom. The summed E-state index contributed by atoms with van der Waals surface area (Å²) in [7, 11) is 2.40. The number of hydrogen-bond donors (Lipinski definition) is 2. The minimum absolute atomic E-state index is 0.0657. The third kappa shape index (κ3) is 5.37. The molecular weight excluding hydrogens is 382 g/mol. The molecule has 0 saturated carbocycles. The van der Waals surface area contributed by atoms with Crippen LogP contribution in [0.25, 0.3) is 0 Å². The number of anilines is 3. The Morgan fingerprint density at radius 1 is 1.07 bits per heavy atom. The molecule has 11 nitrogen and oxygen atoms in total. The van der Waals surface area contributed by atoms with Crippen molar-refractivity contribution in [3.8, 4) is 0 Å². The van der Waals surface area contributed by atoms with Crippen LogP contribution in [0.15, 0.2) is 24.5 Å². The van der Waals surface area contributed by atoms with E-state index in [4.69, 9.17) is 0 Å². The highest BCUT2D eigenvalue weighted by molar-refractivity contribution is 5.97. The molecule has 0 radical (unpaired) electrons. The molecule has 1 aromatic carbocycles. The first-order valence-electron chi connectivity index (χ1n) is 8.73. The van der Waals surface area contributed by atoms with Crippen LogP contribution in [0.2, 0.25) is 0 Å². The lowest BCUT2D eigenvalue weighted by atomic mass is 10.1. The van der Waals surface area contributed by atoms with Crippen molar-refractivity contribution >= 4 is 34.9 Å². The number of ether oxygens (including phenoxy) is 2. The van der Waals surface area contributed by atoms with Gasteiger partial charge in [-0.2, -0.15) is 0 Å². The topological polar surface area (TPSA) is 146 Å². The summed E-state index contributed by atoms with van der Waals surface area (Å²) in [5.41, 5.74) is -0.00638. The molecule has 2 rings (SSSR count). The second-order valence-electron chi connectivity index (χ2n) is 5.86. The Kier molecular flexibility index (Phi) is 7.40. The Morgan fingerprint density at radius 3 is 2.17 bits per heavy atom. The smallest absolute Gasteiger partial charge is 0.353 e. The van der Waals surface area contributed by atoms with Gasteiger partial charge in [0.25, 0.3) is 0 Å². The van der Waals surface area contributed by atoms with Gasteiger partial charge >= 0.3 is 17.6 Å². The number of benzene rings is 1. The summed E-state index contributed by atoms with van der Waals surface area (Å²) in [6.07, 6.45) is 2.90. The summed E-state index contributed by atoms with van der Waals surface area (Å²) < 4.78 is 9.37. The predicted octanol–water partition coefficient (Wildman–Crippen LogP) is 2.91. The van der Waals surface area contributed by atoms with Crippen molar-refractivity contribution in [2.45, 2.75) is 19.8 Å². The summed E-state index contributed by atoms with van der Waals surface area (Å²) in [4.78, 5) is 42.7. The van der Waals surface area contributed by atoms with Crippen molar-refractivity contribution in [1.82, 2.24) is 9.97 Å². The van der Waals surface area contributed by atoms with E-state index in [1.807, 2.05) is 6.92 Å². The average Bonchev–Trinajstić information content (AvgIpc) is 2.72. The van der Waals surface area contributed by atoms with Crippen LogP contribution in [-0.2, 0) is 9.47 Å². The number of aromatic nitrogens is 2. The van der Waals surface area contributed by atoms with Crippen LogP contribution in [0.3, 0.4) is 0 Å². The number of unbranched alkanes of at least 4 members (excludes halogenated alkanes) is 1. The molecule has 0 spiro atoms. The first-order valence-corrected chi connectivity index (χ1v) is 8.73. The third-order valence-electron chi connectivity index (χ3n) is 3.87. The molecule has 0 atom stereocenters. The first kappa shape index (κ1) is 21.5. The van der Waals surface area contributed by atoms with Gasteiger partial charge in [-0.05, 0) is 24.6 Å². The van der Waals surface area contributed by atoms with Gasteiger partial charge in [-0.1, -0.05) is 13.3 Å². The fourth-order valence-corrected chi connectivity index (χ4v) is 2.46. The van der Waals surface area contributed by atoms with E-state index in [9.17, 15) is 19.7 Å². The maximum atomic E-state index is 11.9. The van der Waals surface area contributed by atoms with Gasteiger partial charge < -0.3 is 20.1 Å². The number of nitrogens with zero attached hydrogens (tertiary/aromatic N) is 3. The molecule has 11 heteroatoms. The average molecular weight is 403 g/mol. The van der Waals surface area contributed by atoms with E-state index in [1.165, 1.54) is 38.7 Å². The Balaban J connectivity index is 2.47. The second-order valence-corrected chi connectivity index (χ2v) is 5.86. The van der Waals surface area contributed by atoms with E-state index in [-0.39, 0.29) is 34.1 Å². The largest absolute Gasteiger partial charge is 0.465 e. The Bertz CT molecular complexity index is 883. The molecule has 0 saturated heterocycles. The molecule has 0 amide bonds. The van der Waals surface area contributed by atoms with Crippen molar-refractivity contribution in [3.05, 3.63) is 45.8 Å². The molecule has 2 N–H and O–H groups in total. The quantitative estimate of drug-likeness (QED) is 0.277. The van der Waals surface area contributed by atoms with Gasteiger partial charge in [0.2, 0.25) is 11.6 Å². The normalized spacial score (nSPS) is 10.2. The zero-order valence-corrected chi connectivity index (χ0v) is 16.2. The number of carbonyl (C=O) groups is 2. The molecule has 1 aromatic heterocycles. The summed E-state index contributed by atoms with van der Waals surface area (Å²) in [5.74, 6) is -1.39. The number of hydrogen-bond acceptors (Lipinski definition) is 10. The van der Waals surface area contributed by atoms with Crippen molar-refractivity contribution in [1.29, 1.82) is 0 Å². The molecular formula is C18H21N5O6. The Hall–Kier alpha value is -3.76. The van der Waals surface area contributed by atoms with Crippen molar-refractivity contribution < 1.29 is 24.0 Å². The molecule has 2 aromatic rings. The summed E-state index contributed by atoms with van der Waals surface area (Å²) >= 11 is 0. The van der Waals surface area contributed by atoms with Gasteiger partial charge in [0.15, 0.2) is 0 Å². The van der Waals surface area contributed by atoms with Gasteiger partial charge in [-0.25, -0.2) is 19.6 Å². The van der Waals surface area contributed by atoms with E-state index in [0.29, 0.717) is 6.54 Å². The molecule has 1 heterocycles. The zero-order valence-electron chi connectivity index (χ0n) is 16.2.